The molecule has 0 radical (unpaired) electrons. The number of anilines is 1. The number of fused-ring (bicyclic) bond motifs is 1. The molecule has 1 N–H and O–H groups in total. The van der Waals surface area contributed by atoms with Crippen molar-refractivity contribution < 1.29 is 28.3 Å². The van der Waals surface area contributed by atoms with Crippen molar-refractivity contribution in [3.63, 3.8) is 0 Å². The summed E-state index contributed by atoms with van der Waals surface area (Å²) in [5, 5.41) is 11.7. The average molecular weight is 647 g/mol. The zero-order valence-corrected chi connectivity index (χ0v) is 26.2. The minimum absolute atomic E-state index is 0.0663. The number of nitrogens with zero attached hydrogens (tertiary/aromatic N) is 5. The van der Waals surface area contributed by atoms with E-state index in [-0.39, 0.29) is 47.2 Å². The standard InChI is InChI=1S/C36H31FN6O5/c1-21-34(45)42(2)32-16-25(24-7-9-39-10-8-24)4-6-31(32)35(46)43(21)20-23-11-27(15-28(37)12-23)33(44)41-18-22-13-30(14-22)48-36(47)26-3-5-29(17-38)40-19-26/h3-12,15-16,19,21-22,30H,13-14,18,20H2,1-2H3,(H,41,44)/t21-,22-,30+/m1/s1. The summed E-state index contributed by atoms with van der Waals surface area (Å²) in [5.74, 6) is -2.29. The number of nitrogens with one attached hydrogen (secondary N) is 1. The summed E-state index contributed by atoms with van der Waals surface area (Å²) in [7, 11) is 1.62. The highest BCUT2D eigenvalue weighted by molar-refractivity contribution is 6.11. The number of pyridine rings is 2. The van der Waals surface area contributed by atoms with Crippen molar-refractivity contribution in [3.8, 4) is 17.2 Å². The van der Waals surface area contributed by atoms with E-state index in [9.17, 15) is 23.6 Å². The van der Waals surface area contributed by atoms with E-state index < -0.39 is 23.7 Å². The van der Waals surface area contributed by atoms with Gasteiger partial charge in [-0.25, -0.2) is 14.2 Å². The number of aromatic nitrogens is 2. The van der Waals surface area contributed by atoms with Crippen molar-refractivity contribution in [2.45, 2.75) is 38.5 Å². The van der Waals surface area contributed by atoms with Crippen LogP contribution in [0, 0.1) is 23.1 Å². The Morgan fingerprint density at radius 2 is 1.79 bits per heavy atom. The number of likely N-dealkylation sites (N-methyl/N-ethyl adjacent to an activating group) is 1. The molecule has 3 heterocycles. The van der Waals surface area contributed by atoms with E-state index in [1.54, 1.807) is 38.5 Å². The molecule has 12 heteroatoms. The molecular weight excluding hydrogens is 615 g/mol. The van der Waals surface area contributed by atoms with Crippen LogP contribution in [0.4, 0.5) is 10.1 Å². The Bertz CT molecular complexity index is 1940. The monoisotopic (exact) mass is 646 g/mol. The summed E-state index contributed by atoms with van der Waals surface area (Å²) in [6, 6.07) is 16.8. The Morgan fingerprint density at radius 1 is 1.02 bits per heavy atom. The Morgan fingerprint density at radius 3 is 2.50 bits per heavy atom. The molecule has 11 nitrogen and oxygen atoms in total. The number of amides is 3. The van der Waals surface area contributed by atoms with Crippen LogP contribution in [0.1, 0.15) is 62.1 Å². The summed E-state index contributed by atoms with van der Waals surface area (Å²) < 4.78 is 20.3. The summed E-state index contributed by atoms with van der Waals surface area (Å²) in [4.78, 5) is 63.4. The van der Waals surface area contributed by atoms with E-state index >= 15 is 0 Å². The van der Waals surface area contributed by atoms with Crippen molar-refractivity contribution in [2.75, 3.05) is 18.5 Å². The number of ether oxygens (including phenoxy) is 1. The highest BCUT2D eigenvalue weighted by atomic mass is 19.1. The van der Waals surface area contributed by atoms with Gasteiger partial charge in [0.15, 0.2) is 0 Å². The Balaban J connectivity index is 1.09. The smallest absolute Gasteiger partial charge is 0.339 e. The first-order valence-corrected chi connectivity index (χ1v) is 15.4. The summed E-state index contributed by atoms with van der Waals surface area (Å²) in [6.45, 7) is 1.84. The van der Waals surface area contributed by atoms with Crippen LogP contribution in [-0.4, -0.2) is 64.3 Å². The fourth-order valence-electron chi connectivity index (χ4n) is 5.93. The van der Waals surface area contributed by atoms with Crippen molar-refractivity contribution >= 4 is 29.4 Å². The fraction of sp³-hybridized carbons (Fsp3) is 0.250. The molecule has 0 bridgehead atoms. The molecule has 1 saturated carbocycles. The molecule has 1 atom stereocenters. The number of halogens is 1. The van der Waals surface area contributed by atoms with Crippen LogP contribution < -0.4 is 10.2 Å². The predicted octanol–water partition coefficient (Wildman–Crippen LogP) is 4.53. The normalized spacial score (nSPS) is 18.7. The van der Waals surface area contributed by atoms with E-state index in [2.05, 4.69) is 15.3 Å². The van der Waals surface area contributed by atoms with Gasteiger partial charge in [-0.3, -0.25) is 19.4 Å². The minimum atomic E-state index is -0.853. The first-order chi connectivity index (χ1) is 23.1. The molecule has 3 amide bonds. The van der Waals surface area contributed by atoms with Gasteiger partial charge in [0.05, 0.1) is 16.8 Å². The predicted molar refractivity (Wildman–Crippen MR) is 172 cm³/mol. The molecule has 0 spiro atoms. The zero-order chi connectivity index (χ0) is 33.9. The number of carbonyl (C=O) groups is 4. The fourth-order valence-corrected chi connectivity index (χ4v) is 5.93. The second-order valence-electron chi connectivity index (χ2n) is 11.9. The first kappa shape index (κ1) is 32.0. The number of hydrogen-bond donors (Lipinski definition) is 1. The van der Waals surface area contributed by atoms with Gasteiger partial charge < -0.3 is 19.9 Å². The van der Waals surface area contributed by atoms with Crippen LogP contribution in [0.2, 0.25) is 0 Å². The van der Waals surface area contributed by atoms with Gasteiger partial charge in [-0.15, -0.1) is 0 Å². The quantitative estimate of drug-likeness (QED) is 0.275. The van der Waals surface area contributed by atoms with Crippen LogP contribution >= 0.6 is 0 Å². The number of hydrogen-bond acceptors (Lipinski definition) is 8. The van der Waals surface area contributed by atoms with Crippen molar-refractivity contribution in [2.24, 2.45) is 5.92 Å². The van der Waals surface area contributed by atoms with E-state index in [0.717, 1.165) is 17.2 Å². The summed E-state index contributed by atoms with van der Waals surface area (Å²) in [6.07, 6.45) is 5.42. The zero-order valence-electron chi connectivity index (χ0n) is 26.2. The van der Waals surface area contributed by atoms with Gasteiger partial charge in [0.2, 0.25) is 5.91 Å². The van der Waals surface area contributed by atoms with Gasteiger partial charge >= 0.3 is 5.97 Å². The third-order valence-corrected chi connectivity index (χ3v) is 8.72. The maximum Gasteiger partial charge on any atom is 0.339 e. The molecule has 1 aliphatic heterocycles. The van der Waals surface area contributed by atoms with Crippen LogP contribution in [0.5, 0.6) is 0 Å². The molecular formula is C36H31FN6O5. The molecule has 4 aromatic rings. The molecule has 2 aromatic heterocycles. The lowest BCUT2D eigenvalue weighted by molar-refractivity contribution is -0.122. The van der Waals surface area contributed by atoms with Gasteiger partial charge in [0, 0.05) is 44.3 Å². The van der Waals surface area contributed by atoms with Crippen molar-refractivity contribution in [3.05, 3.63) is 113 Å². The van der Waals surface area contributed by atoms with E-state index in [1.165, 1.54) is 40.3 Å². The number of nitriles is 1. The van der Waals surface area contributed by atoms with Crippen molar-refractivity contribution in [1.29, 1.82) is 5.26 Å². The second kappa shape index (κ2) is 13.4. The lowest BCUT2D eigenvalue weighted by Gasteiger charge is -2.34. The molecule has 48 heavy (non-hydrogen) atoms. The molecule has 2 aliphatic rings. The molecule has 2 aromatic carbocycles. The van der Waals surface area contributed by atoms with Gasteiger partial charge in [-0.2, -0.15) is 5.26 Å². The maximum atomic E-state index is 14.8. The van der Waals surface area contributed by atoms with Gasteiger partial charge in [-0.1, -0.05) is 6.07 Å². The third kappa shape index (κ3) is 6.62. The number of benzene rings is 2. The lowest BCUT2D eigenvalue weighted by Crippen LogP contribution is -2.45. The number of carbonyl (C=O) groups excluding carboxylic acids is 4. The second-order valence-corrected chi connectivity index (χ2v) is 11.9. The van der Waals surface area contributed by atoms with Crippen molar-refractivity contribution in [1.82, 2.24) is 20.2 Å². The Labute approximate surface area is 276 Å². The van der Waals surface area contributed by atoms with Gasteiger partial charge in [0.25, 0.3) is 11.8 Å². The summed E-state index contributed by atoms with van der Waals surface area (Å²) in [5.41, 5.74) is 3.41. The first-order valence-electron chi connectivity index (χ1n) is 15.4. The summed E-state index contributed by atoms with van der Waals surface area (Å²) >= 11 is 0. The van der Waals surface area contributed by atoms with Gasteiger partial charge in [-0.05, 0) is 97.0 Å². The Hall–Kier alpha value is -5.96. The largest absolute Gasteiger partial charge is 0.459 e. The molecule has 0 unspecified atom stereocenters. The maximum absolute atomic E-state index is 14.8. The molecule has 242 valence electrons. The average Bonchev–Trinajstić information content (AvgIpc) is 3.15. The number of rotatable bonds is 8. The van der Waals surface area contributed by atoms with E-state index in [0.29, 0.717) is 36.2 Å². The van der Waals surface area contributed by atoms with Crippen LogP contribution in [-0.2, 0) is 16.1 Å². The number of esters is 1. The Kier molecular flexibility index (Phi) is 8.94. The highest BCUT2D eigenvalue weighted by Gasteiger charge is 2.36. The molecule has 6 rings (SSSR count). The molecule has 1 fully saturated rings. The highest BCUT2D eigenvalue weighted by Crippen LogP contribution is 2.33. The SMILES string of the molecule is C[C@@H]1C(=O)N(C)c2cc(-c3ccncc3)ccc2C(=O)N1Cc1cc(F)cc(C(=O)NC[C@H]2C[C@@H](OC(=O)c3ccc(C#N)nc3)C2)c1. The topological polar surface area (TPSA) is 146 Å². The minimum Gasteiger partial charge on any atom is -0.459 e. The molecule has 0 saturated heterocycles. The van der Waals surface area contributed by atoms with Crippen LogP contribution in [0.15, 0.2) is 79.3 Å². The van der Waals surface area contributed by atoms with Crippen LogP contribution in [0.3, 0.4) is 0 Å². The van der Waals surface area contributed by atoms with Gasteiger partial charge in [0.1, 0.15) is 29.7 Å². The van der Waals surface area contributed by atoms with E-state index in [4.69, 9.17) is 10.00 Å². The van der Waals surface area contributed by atoms with E-state index in [1.807, 2.05) is 24.3 Å². The lowest BCUT2D eigenvalue weighted by atomic mass is 9.82. The third-order valence-electron chi connectivity index (χ3n) is 8.72. The van der Waals surface area contributed by atoms with Crippen LogP contribution in [0.25, 0.3) is 11.1 Å². The molecule has 1 aliphatic carbocycles.